The number of rotatable bonds is 4. The molecule has 6 heteroatoms. The molecule has 1 aromatic carbocycles. The van der Waals surface area contributed by atoms with E-state index in [0.717, 1.165) is 5.56 Å². The lowest BCUT2D eigenvalue weighted by Crippen LogP contribution is -2.11. The predicted molar refractivity (Wildman–Crippen MR) is 78.0 cm³/mol. The number of ether oxygens (including phenoxy) is 2. The molecule has 0 N–H and O–H groups in total. The van der Waals surface area contributed by atoms with Crippen molar-refractivity contribution in [1.29, 1.82) is 0 Å². The molecule has 4 nitrogen and oxygen atoms in total. The van der Waals surface area contributed by atoms with Crippen molar-refractivity contribution in [3.05, 3.63) is 23.8 Å². The van der Waals surface area contributed by atoms with E-state index >= 15 is 0 Å². The molecule has 1 heterocycles. The molecule has 0 aromatic heterocycles. The van der Waals surface area contributed by atoms with Crippen LogP contribution in [0.5, 0.6) is 11.5 Å². The number of hydrogen-bond acceptors (Lipinski definition) is 4. The SMILES string of the molecule is COc1cccc(C(Br)C2CCS(=O)(=O)C2)c1OC. The summed E-state index contributed by atoms with van der Waals surface area (Å²) in [5.41, 5.74) is 0.934. The monoisotopic (exact) mass is 348 g/mol. The van der Waals surface area contributed by atoms with Gasteiger partial charge in [-0.25, -0.2) is 8.42 Å². The van der Waals surface area contributed by atoms with Crippen LogP contribution >= 0.6 is 15.9 Å². The van der Waals surface area contributed by atoms with E-state index in [-0.39, 0.29) is 22.3 Å². The van der Waals surface area contributed by atoms with Crippen LogP contribution in [0.4, 0.5) is 0 Å². The summed E-state index contributed by atoms with van der Waals surface area (Å²) < 4.78 is 33.8. The first-order valence-electron chi connectivity index (χ1n) is 6.04. The van der Waals surface area contributed by atoms with Gasteiger partial charge >= 0.3 is 0 Å². The smallest absolute Gasteiger partial charge is 0.165 e. The molecular formula is C13H17BrO4S. The van der Waals surface area contributed by atoms with E-state index in [1.165, 1.54) is 0 Å². The molecule has 1 fully saturated rings. The van der Waals surface area contributed by atoms with E-state index in [1.54, 1.807) is 14.2 Å². The van der Waals surface area contributed by atoms with Crippen molar-refractivity contribution in [3.8, 4) is 11.5 Å². The highest BCUT2D eigenvalue weighted by atomic mass is 79.9. The largest absolute Gasteiger partial charge is 0.493 e. The highest BCUT2D eigenvalue weighted by Crippen LogP contribution is 2.44. The third kappa shape index (κ3) is 3.05. The van der Waals surface area contributed by atoms with Crippen LogP contribution in [0.3, 0.4) is 0 Å². The lowest BCUT2D eigenvalue weighted by atomic mass is 9.97. The van der Waals surface area contributed by atoms with Gasteiger partial charge in [0.2, 0.25) is 0 Å². The highest BCUT2D eigenvalue weighted by molar-refractivity contribution is 9.09. The van der Waals surface area contributed by atoms with E-state index in [9.17, 15) is 8.42 Å². The fourth-order valence-corrected chi connectivity index (χ4v) is 5.34. The quantitative estimate of drug-likeness (QED) is 0.784. The van der Waals surface area contributed by atoms with Gasteiger partial charge in [-0.3, -0.25) is 0 Å². The number of alkyl halides is 1. The Bertz CT molecular complexity index is 556. The summed E-state index contributed by atoms with van der Waals surface area (Å²) in [4.78, 5) is -0.0465. The standard InChI is InChI=1S/C13H17BrO4S/c1-17-11-5-3-4-10(13(11)18-2)12(14)9-6-7-19(15,16)8-9/h3-5,9,12H,6-8H2,1-2H3. The number of hydrogen-bond donors (Lipinski definition) is 0. The summed E-state index contributed by atoms with van der Waals surface area (Å²) in [6, 6.07) is 5.65. The Hall–Kier alpha value is -0.750. The lowest BCUT2D eigenvalue weighted by Gasteiger charge is -2.20. The summed E-state index contributed by atoms with van der Waals surface area (Å²) in [7, 11) is 0.292. The fourth-order valence-electron chi connectivity index (χ4n) is 2.44. The topological polar surface area (TPSA) is 52.6 Å². The van der Waals surface area contributed by atoms with Gasteiger partial charge in [-0.15, -0.1) is 0 Å². The van der Waals surface area contributed by atoms with Crippen LogP contribution < -0.4 is 9.47 Å². The minimum absolute atomic E-state index is 0.0465. The summed E-state index contributed by atoms with van der Waals surface area (Å²) in [6.07, 6.45) is 0.679. The van der Waals surface area contributed by atoms with Crippen molar-refractivity contribution in [3.63, 3.8) is 0 Å². The Morgan fingerprint density at radius 1 is 1.32 bits per heavy atom. The molecule has 0 aliphatic carbocycles. The lowest BCUT2D eigenvalue weighted by molar-refractivity contribution is 0.349. The third-order valence-corrected chi connectivity index (χ3v) is 6.45. The van der Waals surface area contributed by atoms with Crippen LogP contribution in [0.2, 0.25) is 0 Å². The average Bonchev–Trinajstić information content (AvgIpc) is 2.77. The van der Waals surface area contributed by atoms with Crippen molar-refractivity contribution in [1.82, 2.24) is 0 Å². The van der Waals surface area contributed by atoms with E-state index in [4.69, 9.17) is 9.47 Å². The molecule has 0 radical (unpaired) electrons. The number of methoxy groups -OCH3 is 2. The molecule has 1 aliphatic rings. The predicted octanol–water partition coefficient (Wildman–Crippen LogP) is 2.57. The maximum absolute atomic E-state index is 11.6. The van der Waals surface area contributed by atoms with Gasteiger partial charge < -0.3 is 9.47 Å². The van der Waals surface area contributed by atoms with E-state index < -0.39 is 9.84 Å². The Morgan fingerprint density at radius 3 is 2.58 bits per heavy atom. The first kappa shape index (κ1) is 14.7. The van der Waals surface area contributed by atoms with Gasteiger partial charge in [-0.2, -0.15) is 0 Å². The third-order valence-electron chi connectivity index (χ3n) is 3.41. The molecule has 2 atom stereocenters. The Morgan fingerprint density at radius 2 is 2.05 bits per heavy atom. The molecule has 0 amide bonds. The van der Waals surface area contributed by atoms with Crippen molar-refractivity contribution < 1.29 is 17.9 Å². The van der Waals surface area contributed by atoms with E-state index in [2.05, 4.69) is 15.9 Å². The fraction of sp³-hybridized carbons (Fsp3) is 0.538. The van der Waals surface area contributed by atoms with Crippen molar-refractivity contribution in [2.45, 2.75) is 11.2 Å². The van der Waals surface area contributed by atoms with Gasteiger partial charge in [0, 0.05) is 10.4 Å². The van der Waals surface area contributed by atoms with Crippen molar-refractivity contribution in [2.75, 3.05) is 25.7 Å². The minimum Gasteiger partial charge on any atom is -0.493 e. The van der Waals surface area contributed by atoms with Crippen LogP contribution in [0.1, 0.15) is 16.8 Å². The molecule has 106 valence electrons. The zero-order valence-corrected chi connectivity index (χ0v) is 13.3. The molecule has 1 aliphatic heterocycles. The number of halogens is 1. The van der Waals surface area contributed by atoms with Gasteiger partial charge in [-0.1, -0.05) is 28.1 Å². The minimum atomic E-state index is -2.89. The molecule has 2 unspecified atom stereocenters. The Balaban J connectivity index is 2.31. The van der Waals surface area contributed by atoms with Crippen LogP contribution in [0.25, 0.3) is 0 Å². The molecular weight excluding hydrogens is 332 g/mol. The maximum Gasteiger partial charge on any atom is 0.165 e. The number of sulfone groups is 1. The summed E-state index contributed by atoms with van der Waals surface area (Å²) in [6.45, 7) is 0. The van der Waals surface area contributed by atoms with Crippen LogP contribution in [0, 0.1) is 5.92 Å². The van der Waals surface area contributed by atoms with Crippen molar-refractivity contribution in [2.24, 2.45) is 5.92 Å². The van der Waals surface area contributed by atoms with Crippen LogP contribution in [-0.2, 0) is 9.84 Å². The van der Waals surface area contributed by atoms with Gasteiger partial charge in [0.1, 0.15) is 0 Å². The molecule has 0 spiro atoms. The van der Waals surface area contributed by atoms with Gasteiger partial charge in [0.05, 0.1) is 25.7 Å². The van der Waals surface area contributed by atoms with E-state index in [1.807, 2.05) is 18.2 Å². The zero-order chi connectivity index (χ0) is 14.0. The zero-order valence-electron chi connectivity index (χ0n) is 10.9. The van der Waals surface area contributed by atoms with Crippen LogP contribution in [-0.4, -0.2) is 34.1 Å². The van der Waals surface area contributed by atoms with Gasteiger partial charge in [-0.05, 0) is 18.4 Å². The molecule has 0 bridgehead atoms. The van der Waals surface area contributed by atoms with Crippen LogP contribution in [0.15, 0.2) is 18.2 Å². The second-order valence-electron chi connectivity index (χ2n) is 4.65. The second kappa shape index (κ2) is 5.71. The van der Waals surface area contributed by atoms with Crippen molar-refractivity contribution >= 4 is 25.8 Å². The molecule has 1 saturated heterocycles. The van der Waals surface area contributed by atoms with Gasteiger partial charge in [0.25, 0.3) is 0 Å². The number of para-hydroxylation sites is 1. The molecule has 1 aromatic rings. The molecule has 19 heavy (non-hydrogen) atoms. The van der Waals surface area contributed by atoms with E-state index in [0.29, 0.717) is 17.9 Å². The Labute approximate surface area is 122 Å². The molecule has 0 saturated carbocycles. The highest BCUT2D eigenvalue weighted by Gasteiger charge is 2.34. The average molecular weight is 349 g/mol. The normalized spacial score (nSPS) is 23.0. The maximum atomic E-state index is 11.6. The Kier molecular flexibility index (Phi) is 4.40. The summed E-state index contributed by atoms with van der Waals surface area (Å²) in [5.74, 6) is 1.89. The molecule has 2 rings (SSSR count). The second-order valence-corrected chi connectivity index (χ2v) is 7.86. The summed E-state index contributed by atoms with van der Waals surface area (Å²) >= 11 is 3.62. The first-order valence-corrected chi connectivity index (χ1v) is 8.77. The first-order chi connectivity index (χ1) is 8.98. The number of benzene rings is 1. The van der Waals surface area contributed by atoms with Gasteiger partial charge in [0.15, 0.2) is 21.3 Å². The summed E-state index contributed by atoms with van der Waals surface area (Å²) in [5, 5.41) is 0.